The Morgan fingerprint density at radius 2 is 0.759 bits per heavy atom. The van der Waals surface area contributed by atoms with Crippen molar-refractivity contribution in [2.24, 2.45) is 0 Å². The summed E-state index contributed by atoms with van der Waals surface area (Å²) < 4.78 is 8.69. The Balaban J connectivity index is 1.03. The molecule has 2 heterocycles. The fraction of sp³-hybridized carbons (Fsp3) is 0. The summed E-state index contributed by atoms with van der Waals surface area (Å²) in [6.45, 7) is 0. The average Bonchev–Trinajstić information content (AvgIpc) is 3.84. The Kier molecular flexibility index (Phi) is 7.26. The van der Waals surface area contributed by atoms with Crippen LogP contribution in [0.15, 0.2) is 217 Å². The van der Waals surface area contributed by atoms with Gasteiger partial charge in [-0.25, -0.2) is 0 Å². The van der Waals surface area contributed by atoms with E-state index in [-0.39, 0.29) is 0 Å². The van der Waals surface area contributed by atoms with Gasteiger partial charge in [0, 0.05) is 27.1 Å². The van der Waals surface area contributed by atoms with E-state index in [1.165, 1.54) is 82.3 Å². The van der Waals surface area contributed by atoms with Crippen molar-refractivity contribution in [3.63, 3.8) is 0 Å². The lowest BCUT2D eigenvalue weighted by atomic mass is 9.96. The minimum absolute atomic E-state index is 0.909. The highest BCUT2D eigenvalue weighted by atomic mass is 16.3. The van der Waals surface area contributed by atoms with Crippen LogP contribution in [0, 0.1) is 0 Å². The maximum absolute atomic E-state index is 6.23. The maximum atomic E-state index is 6.23. The minimum atomic E-state index is 0.909. The molecule has 58 heavy (non-hydrogen) atoms. The van der Waals surface area contributed by atoms with Crippen molar-refractivity contribution in [2.45, 2.75) is 0 Å². The molecular formula is C56H35NO. The predicted molar refractivity (Wildman–Crippen MR) is 245 cm³/mol. The van der Waals surface area contributed by atoms with Gasteiger partial charge in [-0.1, -0.05) is 158 Å². The Morgan fingerprint density at radius 1 is 0.293 bits per heavy atom. The van der Waals surface area contributed by atoms with Gasteiger partial charge in [0.2, 0.25) is 0 Å². The summed E-state index contributed by atoms with van der Waals surface area (Å²) >= 11 is 0. The lowest BCUT2D eigenvalue weighted by Crippen LogP contribution is -1.97. The number of rotatable bonds is 5. The monoisotopic (exact) mass is 737 g/mol. The van der Waals surface area contributed by atoms with Crippen LogP contribution in [0.5, 0.6) is 0 Å². The van der Waals surface area contributed by atoms with Gasteiger partial charge in [-0.3, -0.25) is 0 Å². The molecule has 0 amide bonds. The van der Waals surface area contributed by atoms with Crippen molar-refractivity contribution in [3.05, 3.63) is 212 Å². The van der Waals surface area contributed by atoms with E-state index in [9.17, 15) is 0 Å². The first-order valence-corrected chi connectivity index (χ1v) is 19.9. The van der Waals surface area contributed by atoms with Crippen molar-refractivity contribution in [3.8, 4) is 50.2 Å². The first-order chi connectivity index (χ1) is 28.7. The number of benzene rings is 10. The van der Waals surface area contributed by atoms with Crippen LogP contribution in [-0.4, -0.2) is 4.57 Å². The van der Waals surface area contributed by atoms with Gasteiger partial charge in [-0.2, -0.15) is 0 Å². The molecule has 0 aliphatic carbocycles. The van der Waals surface area contributed by atoms with Gasteiger partial charge < -0.3 is 8.98 Å². The van der Waals surface area contributed by atoms with Crippen LogP contribution in [0.3, 0.4) is 0 Å². The molecule has 2 heteroatoms. The van der Waals surface area contributed by atoms with Crippen LogP contribution in [-0.2, 0) is 0 Å². The van der Waals surface area contributed by atoms with Crippen molar-refractivity contribution in [2.75, 3.05) is 0 Å². The summed E-state index contributed by atoms with van der Waals surface area (Å²) in [6, 6.07) is 77.2. The smallest absolute Gasteiger partial charge is 0.136 e. The van der Waals surface area contributed by atoms with Gasteiger partial charge >= 0.3 is 0 Å². The zero-order chi connectivity index (χ0) is 38.2. The normalized spacial score (nSPS) is 11.8. The van der Waals surface area contributed by atoms with E-state index in [2.05, 4.69) is 205 Å². The van der Waals surface area contributed by atoms with Crippen LogP contribution >= 0.6 is 0 Å². The van der Waals surface area contributed by atoms with E-state index in [0.29, 0.717) is 0 Å². The fourth-order valence-corrected chi connectivity index (χ4v) is 9.14. The van der Waals surface area contributed by atoms with Gasteiger partial charge in [0.15, 0.2) is 0 Å². The molecule has 2 aromatic heterocycles. The van der Waals surface area contributed by atoms with E-state index in [4.69, 9.17) is 4.42 Å². The second-order valence-electron chi connectivity index (χ2n) is 15.3. The molecule has 0 atom stereocenters. The molecule has 0 spiro atoms. The first-order valence-electron chi connectivity index (χ1n) is 19.9. The van der Waals surface area contributed by atoms with E-state index in [1.54, 1.807) is 0 Å². The molecule has 0 fully saturated rings. The second-order valence-corrected chi connectivity index (χ2v) is 15.3. The van der Waals surface area contributed by atoms with Crippen LogP contribution in [0.1, 0.15) is 0 Å². The standard InChI is InChI=1S/C56H35NO/c1-3-12-40-32-42(26-20-36(40)10-1)44-28-30-52-49(34-44)50-35-45(43-27-21-37-11-2-4-13-41(37)33-43)29-31-53(50)57(52)51-17-7-5-14-46(51)38-22-24-39(25-23-38)47-16-9-19-55-56(47)48-15-6-8-18-54(48)58-55/h1-35H. The molecule has 0 bridgehead atoms. The number of hydrogen-bond acceptors (Lipinski definition) is 1. The van der Waals surface area contributed by atoms with Crippen LogP contribution < -0.4 is 0 Å². The van der Waals surface area contributed by atoms with E-state index < -0.39 is 0 Å². The molecular weight excluding hydrogens is 703 g/mol. The molecule has 2 nitrogen and oxygen atoms in total. The summed E-state index contributed by atoms with van der Waals surface area (Å²) in [5, 5.41) is 9.75. The number of hydrogen-bond donors (Lipinski definition) is 0. The zero-order valence-electron chi connectivity index (χ0n) is 31.6. The van der Waals surface area contributed by atoms with E-state index in [1.807, 2.05) is 12.1 Å². The third-order valence-electron chi connectivity index (χ3n) is 12.0. The Hall–Kier alpha value is -7.68. The number of para-hydroxylation sites is 2. The highest BCUT2D eigenvalue weighted by Crippen LogP contribution is 2.42. The zero-order valence-corrected chi connectivity index (χ0v) is 31.6. The molecule has 0 aliphatic heterocycles. The van der Waals surface area contributed by atoms with Crippen LogP contribution in [0.25, 0.3) is 115 Å². The highest BCUT2D eigenvalue weighted by Gasteiger charge is 2.18. The minimum Gasteiger partial charge on any atom is -0.456 e. The number of aromatic nitrogens is 1. The first kappa shape index (κ1) is 32.6. The van der Waals surface area contributed by atoms with Crippen molar-refractivity contribution in [1.82, 2.24) is 4.57 Å². The highest BCUT2D eigenvalue weighted by molar-refractivity contribution is 6.14. The lowest BCUT2D eigenvalue weighted by molar-refractivity contribution is 0.669. The topological polar surface area (TPSA) is 18.1 Å². The molecule has 10 aromatic carbocycles. The average molecular weight is 738 g/mol. The molecule has 0 unspecified atom stereocenters. The number of fused-ring (bicyclic) bond motifs is 8. The molecule has 12 rings (SSSR count). The lowest BCUT2D eigenvalue weighted by Gasteiger charge is -2.15. The Labute approximate surface area is 335 Å². The molecule has 0 radical (unpaired) electrons. The molecule has 0 saturated heterocycles. The van der Waals surface area contributed by atoms with Crippen molar-refractivity contribution < 1.29 is 4.42 Å². The third-order valence-corrected chi connectivity index (χ3v) is 12.0. The predicted octanol–water partition coefficient (Wildman–Crippen LogP) is 15.7. The molecule has 0 aliphatic rings. The summed E-state index contributed by atoms with van der Waals surface area (Å²) in [6.07, 6.45) is 0. The molecule has 0 saturated carbocycles. The number of furan rings is 1. The SMILES string of the molecule is c1ccc(-n2c3ccc(-c4ccc5ccccc5c4)cc3c3cc(-c4ccc5ccccc5c4)ccc32)c(-c2ccc(-c3cccc4oc5ccccc5c34)cc2)c1. The van der Waals surface area contributed by atoms with E-state index >= 15 is 0 Å². The molecule has 12 aromatic rings. The van der Waals surface area contributed by atoms with Gasteiger partial charge in [-0.05, 0) is 115 Å². The van der Waals surface area contributed by atoms with E-state index in [0.717, 1.165) is 33.2 Å². The van der Waals surface area contributed by atoms with Gasteiger partial charge in [0.05, 0.1) is 16.7 Å². The molecule has 0 N–H and O–H groups in total. The van der Waals surface area contributed by atoms with Crippen molar-refractivity contribution in [1.29, 1.82) is 0 Å². The van der Waals surface area contributed by atoms with Crippen molar-refractivity contribution >= 4 is 65.3 Å². The summed E-state index contributed by atoms with van der Waals surface area (Å²) in [4.78, 5) is 0. The van der Waals surface area contributed by atoms with Gasteiger partial charge in [-0.15, -0.1) is 0 Å². The van der Waals surface area contributed by atoms with Crippen LogP contribution in [0.2, 0.25) is 0 Å². The maximum Gasteiger partial charge on any atom is 0.136 e. The Morgan fingerprint density at radius 3 is 1.41 bits per heavy atom. The Bertz CT molecular complexity index is 3430. The van der Waals surface area contributed by atoms with Gasteiger partial charge in [0.1, 0.15) is 11.2 Å². The fourth-order valence-electron chi connectivity index (χ4n) is 9.14. The molecule has 270 valence electrons. The summed E-state index contributed by atoms with van der Waals surface area (Å²) in [5.41, 5.74) is 14.9. The quantitative estimate of drug-likeness (QED) is 0.172. The van der Waals surface area contributed by atoms with Crippen LogP contribution in [0.4, 0.5) is 0 Å². The van der Waals surface area contributed by atoms with Gasteiger partial charge in [0.25, 0.3) is 0 Å². The second kappa shape index (κ2) is 12.9. The summed E-state index contributed by atoms with van der Waals surface area (Å²) in [5.74, 6) is 0. The number of nitrogens with zero attached hydrogens (tertiary/aromatic N) is 1. The largest absolute Gasteiger partial charge is 0.456 e. The third kappa shape index (κ3) is 5.19. The summed E-state index contributed by atoms with van der Waals surface area (Å²) in [7, 11) is 0.